The van der Waals surface area contributed by atoms with Crippen LogP contribution >= 0.6 is 0 Å². The monoisotopic (exact) mass is 376 g/mol. The first kappa shape index (κ1) is 21.5. The third kappa shape index (κ3) is 7.39. The van der Waals surface area contributed by atoms with E-state index in [-0.39, 0.29) is 0 Å². The largest absolute Gasteiger partial charge is 0.491 e. The van der Waals surface area contributed by atoms with Crippen molar-refractivity contribution < 1.29 is 9.47 Å². The first-order valence-corrected chi connectivity index (χ1v) is 10.0. The molecule has 2 rings (SSSR count). The van der Waals surface area contributed by atoms with Crippen molar-refractivity contribution in [3.63, 3.8) is 0 Å². The van der Waals surface area contributed by atoms with Crippen LogP contribution in [0.25, 0.3) is 0 Å². The Morgan fingerprint density at radius 2 is 1.96 bits per heavy atom. The first-order chi connectivity index (χ1) is 13.1. The number of guanidine groups is 1. The first-order valence-electron chi connectivity index (χ1n) is 10.0. The van der Waals surface area contributed by atoms with Crippen molar-refractivity contribution in [2.45, 2.75) is 38.6 Å². The Hall–Kier alpha value is -1.79. The summed E-state index contributed by atoms with van der Waals surface area (Å²) in [6.07, 6.45) is 2.26. The zero-order valence-electron chi connectivity index (χ0n) is 17.3. The number of hydrogen-bond acceptors (Lipinski definition) is 4. The normalized spacial score (nSPS) is 16.6. The molecule has 1 fully saturated rings. The van der Waals surface area contributed by atoms with Gasteiger partial charge in [-0.05, 0) is 30.4 Å². The van der Waals surface area contributed by atoms with Gasteiger partial charge in [-0.25, -0.2) is 0 Å². The summed E-state index contributed by atoms with van der Waals surface area (Å²) in [4.78, 5) is 6.80. The van der Waals surface area contributed by atoms with Gasteiger partial charge >= 0.3 is 0 Å². The maximum atomic E-state index is 5.97. The molecule has 0 aromatic heterocycles. The van der Waals surface area contributed by atoms with Crippen LogP contribution in [0.2, 0.25) is 0 Å². The number of aliphatic imine (C=N–C) groups is 1. The van der Waals surface area contributed by atoms with Crippen LogP contribution in [0.5, 0.6) is 5.75 Å². The number of nitrogens with one attached hydrogen (secondary N) is 2. The maximum Gasteiger partial charge on any atom is 0.191 e. The molecule has 0 atom stereocenters. The quantitative estimate of drug-likeness (QED) is 0.394. The summed E-state index contributed by atoms with van der Waals surface area (Å²) < 4.78 is 11.1. The van der Waals surface area contributed by atoms with E-state index in [9.17, 15) is 0 Å². The lowest BCUT2D eigenvalue weighted by atomic mass is 10.0. The number of rotatable bonds is 9. The van der Waals surface area contributed by atoms with E-state index in [4.69, 9.17) is 9.47 Å². The molecule has 0 radical (unpaired) electrons. The van der Waals surface area contributed by atoms with Crippen LogP contribution in [0, 0.1) is 0 Å². The molecule has 1 aliphatic heterocycles. The number of para-hydroxylation sites is 1. The van der Waals surface area contributed by atoms with Crippen LogP contribution in [0.1, 0.15) is 38.2 Å². The molecule has 0 saturated carbocycles. The van der Waals surface area contributed by atoms with Crippen molar-refractivity contribution in [1.29, 1.82) is 0 Å². The van der Waals surface area contributed by atoms with E-state index in [1.807, 2.05) is 19.2 Å². The molecule has 0 amide bonds. The third-order valence-electron chi connectivity index (χ3n) is 4.96. The molecule has 1 aromatic rings. The Labute approximate surface area is 164 Å². The van der Waals surface area contributed by atoms with Gasteiger partial charge in [-0.3, -0.25) is 4.99 Å². The highest BCUT2D eigenvalue weighted by Gasteiger charge is 2.19. The van der Waals surface area contributed by atoms with E-state index in [2.05, 4.69) is 46.5 Å². The van der Waals surface area contributed by atoms with E-state index >= 15 is 0 Å². The molecule has 0 bridgehead atoms. The Bertz CT molecular complexity index is 569. The minimum absolute atomic E-state index is 0.457. The van der Waals surface area contributed by atoms with E-state index in [0.29, 0.717) is 18.6 Å². The SMILES string of the molecule is CN=C(NCCOc1ccccc1C(C)C)NC1CCN(CCOC)CC1. The fraction of sp³-hybridized carbons (Fsp3) is 0.667. The smallest absolute Gasteiger partial charge is 0.191 e. The van der Waals surface area contributed by atoms with Crippen molar-refractivity contribution in [2.24, 2.45) is 4.99 Å². The second kappa shape index (κ2) is 11.8. The zero-order chi connectivity index (χ0) is 19.5. The summed E-state index contributed by atoms with van der Waals surface area (Å²) in [5, 5.41) is 6.90. The van der Waals surface area contributed by atoms with Crippen molar-refractivity contribution in [1.82, 2.24) is 15.5 Å². The summed E-state index contributed by atoms with van der Waals surface area (Å²) in [7, 11) is 3.58. The molecule has 1 heterocycles. The highest BCUT2D eigenvalue weighted by Crippen LogP contribution is 2.25. The van der Waals surface area contributed by atoms with E-state index in [1.54, 1.807) is 7.11 Å². The summed E-state index contributed by atoms with van der Waals surface area (Å²) in [6, 6.07) is 8.73. The number of benzene rings is 1. The van der Waals surface area contributed by atoms with Gasteiger partial charge in [0.15, 0.2) is 5.96 Å². The predicted molar refractivity (Wildman–Crippen MR) is 112 cm³/mol. The number of methoxy groups -OCH3 is 1. The van der Waals surface area contributed by atoms with Gasteiger partial charge in [-0.1, -0.05) is 32.0 Å². The van der Waals surface area contributed by atoms with Crippen LogP contribution in [0.3, 0.4) is 0 Å². The predicted octanol–water partition coefficient (Wildman–Crippen LogP) is 2.46. The lowest BCUT2D eigenvalue weighted by Gasteiger charge is -2.32. The molecule has 0 unspecified atom stereocenters. The van der Waals surface area contributed by atoms with Gasteiger partial charge in [-0.2, -0.15) is 0 Å². The van der Waals surface area contributed by atoms with Gasteiger partial charge in [0, 0.05) is 39.8 Å². The average Bonchev–Trinajstić information content (AvgIpc) is 2.69. The van der Waals surface area contributed by atoms with Gasteiger partial charge in [0.2, 0.25) is 0 Å². The average molecular weight is 377 g/mol. The van der Waals surface area contributed by atoms with Crippen molar-refractivity contribution in [3.8, 4) is 5.75 Å². The Balaban J connectivity index is 1.68. The molecule has 1 aromatic carbocycles. The van der Waals surface area contributed by atoms with Gasteiger partial charge in [0.1, 0.15) is 12.4 Å². The molecule has 2 N–H and O–H groups in total. The van der Waals surface area contributed by atoms with Crippen molar-refractivity contribution >= 4 is 5.96 Å². The van der Waals surface area contributed by atoms with Crippen LogP contribution in [-0.4, -0.2) is 70.5 Å². The van der Waals surface area contributed by atoms with E-state index < -0.39 is 0 Å². The highest BCUT2D eigenvalue weighted by molar-refractivity contribution is 5.79. The second-order valence-corrected chi connectivity index (χ2v) is 7.29. The molecular formula is C21H36N4O2. The minimum Gasteiger partial charge on any atom is -0.491 e. The summed E-state index contributed by atoms with van der Waals surface area (Å²) in [5.74, 6) is 2.28. The van der Waals surface area contributed by atoms with Crippen LogP contribution in [0.4, 0.5) is 0 Å². The molecule has 1 saturated heterocycles. The number of nitrogens with zero attached hydrogens (tertiary/aromatic N) is 2. The molecular weight excluding hydrogens is 340 g/mol. The standard InChI is InChI=1S/C21H36N4O2/c1-17(2)19-7-5-6-8-20(19)27-15-11-23-21(22-3)24-18-9-12-25(13-10-18)14-16-26-4/h5-8,17-18H,9-16H2,1-4H3,(H2,22,23,24). The maximum absolute atomic E-state index is 5.97. The molecule has 6 nitrogen and oxygen atoms in total. The van der Waals surface area contributed by atoms with Crippen molar-refractivity contribution in [2.75, 3.05) is 53.6 Å². The number of likely N-dealkylation sites (tertiary alicyclic amines) is 1. The molecule has 0 spiro atoms. The lowest BCUT2D eigenvalue weighted by Crippen LogP contribution is -2.49. The molecule has 0 aliphatic carbocycles. The number of ether oxygens (including phenoxy) is 2. The third-order valence-corrected chi connectivity index (χ3v) is 4.96. The summed E-state index contributed by atoms with van der Waals surface area (Å²) in [6.45, 7) is 9.74. The van der Waals surface area contributed by atoms with Gasteiger partial charge in [0.05, 0.1) is 13.2 Å². The molecule has 1 aliphatic rings. The van der Waals surface area contributed by atoms with Crippen LogP contribution in [0.15, 0.2) is 29.3 Å². The fourth-order valence-corrected chi connectivity index (χ4v) is 3.33. The zero-order valence-corrected chi connectivity index (χ0v) is 17.3. The molecule has 6 heteroatoms. The van der Waals surface area contributed by atoms with Crippen molar-refractivity contribution in [3.05, 3.63) is 29.8 Å². The Kier molecular flexibility index (Phi) is 9.42. The van der Waals surface area contributed by atoms with Gasteiger partial charge in [-0.15, -0.1) is 0 Å². The summed E-state index contributed by atoms with van der Waals surface area (Å²) >= 11 is 0. The second-order valence-electron chi connectivity index (χ2n) is 7.29. The molecule has 152 valence electrons. The van der Waals surface area contributed by atoms with E-state index in [0.717, 1.165) is 57.3 Å². The minimum atomic E-state index is 0.457. The van der Waals surface area contributed by atoms with E-state index in [1.165, 1.54) is 5.56 Å². The molecule has 27 heavy (non-hydrogen) atoms. The van der Waals surface area contributed by atoms with Crippen LogP contribution in [-0.2, 0) is 4.74 Å². The Morgan fingerprint density at radius 3 is 2.63 bits per heavy atom. The highest BCUT2D eigenvalue weighted by atomic mass is 16.5. The lowest BCUT2D eigenvalue weighted by molar-refractivity contribution is 0.128. The van der Waals surface area contributed by atoms with Gasteiger partial charge in [0.25, 0.3) is 0 Å². The number of hydrogen-bond donors (Lipinski definition) is 2. The summed E-state index contributed by atoms with van der Waals surface area (Å²) in [5.41, 5.74) is 1.25. The van der Waals surface area contributed by atoms with Crippen LogP contribution < -0.4 is 15.4 Å². The Morgan fingerprint density at radius 1 is 1.22 bits per heavy atom. The fourth-order valence-electron chi connectivity index (χ4n) is 3.33. The topological polar surface area (TPSA) is 58.1 Å². The van der Waals surface area contributed by atoms with Gasteiger partial charge < -0.3 is 25.0 Å². The number of piperidine rings is 1.